The van der Waals surface area contributed by atoms with Crippen molar-refractivity contribution in [3.63, 3.8) is 0 Å². The first-order chi connectivity index (χ1) is 15.5. The van der Waals surface area contributed by atoms with Crippen LogP contribution in [0.1, 0.15) is 16.8 Å². The van der Waals surface area contributed by atoms with Crippen molar-refractivity contribution < 1.29 is 22.4 Å². The Morgan fingerprint density at radius 3 is 2.45 bits per heavy atom. The SMILES string of the molecule is CN=C(C=CN)C(=O)N(C)c1cc(F)c(-c2ncc3nc(C(F)(F)F)cc(C)c3n2)cc1C. The number of halogens is 4. The zero-order valence-electron chi connectivity index (χ0n) is 18.2. The van der Waals surface area contributed by atoms with Crippen LogP contribution in [0.4, 0.5) is 23.2 Å². The van der Waals surface area contributed by atoms with E-state index in [-0.39, 0.29) is 33.7 Å². The van der Waals surface area contributed by atoms with Crippen LogP contribution in [0.25, 0.3) is 22.4 Å². The maximum atomic E-state index is 15.0. The summed E-state index contributed by atoms with van der Waals surface area (Å²) in [5.74, 6) is -1.22. The van der Waals surface area contributed by atoms with Gasteiger partial charge in [-0.3, -0.25) is 9.79 Å². The number of hydrogen-bond donors (Lipinski definition) is 1. The van der Waals surface area contributed by atoms with Crippen LogP contribution in [0.2, 0.25) is 0 Å². The number of fused-ring (bicyclic) bond motifs is 1. The Bertz CT molecular complexity index is 1300. The first-order valence-corrected chi connectivity index (χ1v) is 9.63. The normalized spacial score (nSPS) is 12.5. The Hall–Kier alpha value is -3.89. The summed E-state index contributed by atoms with van der Waals surface area (Å²) in [5, 5.41) is 0. The van der Waals surface area contributed by atoms with Crippen LogP contribution < -0.4 is 10.6 Å². The number of benzene rings is 1. The third-order valence-electron chi connectivity index (χ3n) is 4.93. The van der Waals surface area contributed by atoms with E-state index < -0.39 is 23.6 Å². The Labute approximate surface area is 186 Å². The lowest BCUT2D eigenvalue weighted by molar-refractivity contribution is -0.141. The molecule has 2 aromatic heterocycles. The Morgan fingerprint density at radius 2 is 1.85 bits per heavy atom. The molecule has 172 valence electrons. The second-order valence-corrected chi connectivity index (χ2v) is 7.20. The molecule has 0 aliphatic rings. The molecule has 0 saturated heterocycles. The van der Waals surface area contributed by atoms with E-state index >= 15 is 4.39 Å². The Kier molecular flexibility index (Phi) is 6.43. The van der Waals surface area contributed by atoms with Crippen LogP contribution >= 0.6 is 0 Å². The van der Waals surface area contributed by atoms with Crippen molar-refractivity contribution in [2.75, 3.05) is 19.0 Å². The maximum Gasteiger partial charge on any atom is 0.433 e. The predicted molar refractivity (Wildman–Crippen MR) is 117 cm³/mol. The van der Waals surface area contributed by atoms with Gasteiger partial charge in [0.25, 0.3) is 5.91 Å². The van der Waals surface area contributed by atoms with Crippen LogP contribution in [0.3, 0.4) is 0 Å². The van der Waals surface area contributed by atoms with Crippen LogP contribution in [-0.2, 0) is 11.0 Å². The van der Waals surface area contributed by atoms with Crippen molar-refractivity contribution in [3.05, 3.63) is 59.3 Å². The van der Waals surface area contributed by atoms with Crippen LogP contribution in [0.15, 0.2) is 41.7 Å². The van der Waals surface area contributed by atoms with Gasteiger partial charge in [-0.05, 0) is 55.4 Å². The van der Waals surface area contributed by atoms with E-state index in [1.54, 1.807) is 6.92 Å². The zero-order valence-corrected chi connectivity index (χ0v) is 18.2. The van der Waals surface area contributed by atoms with Crippen molar-refractivity contribution in [1.82, 2.24) is 15.0 Å². The molecule has 0 bridgehead atoms. The van der Waals surface area contributed by atoms with Gasteiger partial charge in [-0.15, -0.1) is 0 Å². The van der Waals surface area contributed by atoms with Crippen molar-refractivity contribution >= 4 is 28.3 Å². The standard InChI is InChI=1S/C22H20F4N6O/c1-11-7-13(14(23)9-17(11)32(4)21(33)15(28-3)5-6-27)20-29-10-16-19(31-20)12(2)8-18(30-16)22(24,25)26/h5-10H,27H2,1-4H3. The summed E-state index contributed by atoms with van der Waals surface area (Å²) in [5.41, 5.74) is 5.59. The third kappa shape index (κ3) is 4.66. The summed E-state index contributed by atoms with van der Waals surface area (Å²) >= 11 is 0. The minimum atomic E-state index is -4.61. The Morgan fingerprint density at radius 1 is 1.15 bits per heavy atom. The largest absolute Gasteiger partial charge is 0.433 e. The van der Waals surface area contributed by atoms with E-state index in [9.17, 15) is 18.0 Å². The number of aromatic nitrogens is 3. The molecule has 11 heteroatoms. The van der Waals surface area contributed by atoms with E-state index in [1.165, 1.54) is 44.3 Å². The van der Waals surface area contributed by atoms with Gasteiger partial charge in [-0.1, -0.05) is 0 Å². The lowest BCUT2D eigenvalue weighted by Crippen LogP contribution is -2.33. The highest BCUT2D eigenvalue weighted by Gasteiger charge is 2.33. The molecular formula is C22H20F4N6O. The minimum absolute atomic E-state index is 0.0184. The zero-order chi connectivity index (χ0) is 24.5. The number of aliphatic imine (C=N–C) groups is 1. The highest BCUT2D eigenvalue weighted by molar-refractivity contribution is 6.47. The summed E-state index contributed by atoms with van der Waals surface area (Å²) in [7, 11) is 2.91. The molecule has 0 aliphatic heterocycles. The highest BCUT2D eigenvalue weighted by Crippen LogP contribution is 2.32. The topological polar surface area (TPSA) is 97.4 Å². The van der Waals surface area contributed by atoms with Gasteiger partial charge in [0.1, 0.15) is 22.7 Å². The van der Waals surface area contributed by atoms with E-state index in [0.29, 0.717) is 11.3 Å². The van der Waals surface area contributed by atoms with Gasteiger partial charge in [0.15, 0.2) is 5.82 Å². The van der Waals surface area contributed by atoms with Crippen molar-refractivity contribution in [1.29, 1.82) is 0 Å². The third-order valence-corrected chi connectivity index (χ3v) is 4.93. The number of carbonyl (C=O) groups is 1. The van der Waals surface area contributed by atoms with E-state index in [4.69, 9.17) is 5.73 Å². The van der Waals surface area contributed by atoms with Crippen molar-refractivity contribution in [2.24, 2.45) is 10.7 Å². The molecule has 2 heterocycles. The van der Waals surface area contributed by atoms with E-state index in [2.05, 4.69) is 19.9 Å². The first kappa shape index (κ1) is 23.8. The first-order valence-electron chi connectivity index (χ1n) is 9.63. The van der Waals surface area contributed by atoms with E-state index in [0.717, 1.165) is 18.3 Å². The summed E-state index contributed by atoms with van der Waals surface area (Å²) in [6.45, 7) is 3.14. The van der Waals surface area contributed by atoms with Gasteiger partial charge in [-0.25, -0.2) is 19.3 Å². The molecule has 3 rings (SSSR count). The number of pyridine rings is 1. The predicted octanol–water partition coefficient (Wildman–Crippen LogP) is 3.97. The summed E-state index contributed by atoms with van der Waals surface area (Å²) < 4.78 is 54.1. The van der Waals surface area contributed by atoms with Crippen molar-refractivity contribution in [3.8, 4) is 11.4 Å². The highest BCUT2D eigenvalue weighted by atomic mass is 19.4. The fraction of sp³-hybridized carbons (Fsp3) is 0.227. The lowest BCUT2D eigenvalue weighted by atomic mass is 10.1. The molecular weight excluding hydrogens is 440 g/mol. The molecule has 3 aromatic rings. The smallest absolute Gasteiger partial charge is 0.405 e. The molecule has 0 saturated carbocycles. The number of rotatable bonds is 4. The number of amides is 1. The molecule has 33 heavy (non-hydrogen) atoms. The van der Waals surface area contributed by atoms with Gasteiger partial charge < -0.3 is 10.6 Å². The molecule has 7 nitrogen and oxygen atoms in total. The quantitative estimate of drug-likeness (QED) is 0.469. The second-order valence-electron chi connectivity index (χ2n) is 7.20. The Balaban J connectivity index is 2.05. The fourth-order valence-electron chi connectivity index (χ4n) is 3.28. The lowest BCUT2D eigenvalue weighted by Gasteiger charge is -2.20. The van der Waals surface area contributed by atoms with Gasteiger partial charge in [0.2, 0.25) is 0 Å². The van der Waals surface area contributed by atoms with Gasteiger partial charge >= 0.3 is 6.18 Å². The minimum Gasteiger partial charge on any atom is -0.405 e. The summed E-state index contributed by atoms with van der Waals surface area (Å²) in [6.07, 6.45) is -0.970. The van der Waals surface area contributed by atoms with Crippen molar-refractivity contribution in [2.45, 2.75) is 20.0 Å². The number of nitrogens with zero attached hydrogens (tertiary/aromatic N) is 5. The number of aryl methyl sites for hydroxylation is 2. The van der Waals surface area contributed by atoms with Crippen LogP contribution in [0, 0.1) is 19.7 Å². The molecule has 1 aromatic carbocycles. The molecule has 0 atom stereocenters. The van der Waals surface area contributed by atoms with Crippen LogP contribution in [-0.4, -0.2) is 40.7 Å². The molecule has 2 N–H and O–H groups in total. The second kappa shape index (κ2) is 8.93. The number of carbonyl (C=O) groups excluding carboxylic acids is 1. The number of nitrogens with two attached hydrogens (primary N) is 1. The molecule has 1 amide bonds. The fourth-order valence-corrected chi connectivity index (χ4v) is 3.28. The maximum absolute atomic E-state index is 15.0. The molecule has 0 unspecified atom stereocenters. The number of alkyl halides is 3. The van der Waals surface area contributed by atoms with Gasteiger partial charge in [0.05, 0.1) is 17.3 Å². The average Bonchev–Trinajstić information content (AvgIpc) is 2.77. The molecule has 0 fully saturated rings. The summed E-state index contributed by atoms with van der Waals surface area (Å²) in [4.78, 5) is 29.5. The monoisotopic (exact) mass is 460 g/mol. The molecule has 0 radical (unpaired) electrons. The van der Waals surface area contributed by atoms with Crippen LogP contribution in [0.5, 0.6) is 0 Å². The summed E-state index contributed by atoms with van der Waals surface area (Å²) in [6, 6.07) is 3.50. The average molecular weight is 460 g/mol. The van der Waals surface area contributed by atoms with E-state index in [1.807, 2.05) is 0 Å². The number of anilines is 1. The van der Waals surface area contributed by atoms with Gasteiger partial charge in [-0.2, -0.15) is 13.2 Å². The molecule has 0 aliphatic carbocycles. The molecule has 0 spiro atoms. The van der Waals surface area contributed by atoms with Gasteiger partial charge in [0, 0.05) is 19.8 Å². The number of hydrogen-bond acceptors (Lipinski definition) is 6.